The van der Waals surface area contributed by atoms with Crippen LogP contribution in [0.5, 0.6) is 0 Å². The lowest BCUT2D eigenvalue weighted by Crippen LogP contribution is -2.19. The number of hydrogen-bond acceptors (Lipinski definition) is 3. The fraction of sp³-hybridized carbons (Fsp3) is 0.190. The summed E-state index contributed by atoms with van der Waals surface area (Å²) in [6.07, 6.45) is 2.39. The van der Waals surface area contributed by atoms with E-state index in [1.165, 1.54) is 18.3 Å². The summed E-state index contributed by atoms with van der Waals surface area (Å²) in [5.74, 6) is -0.673. The average Bonchev–Trinajstić information content (AvgIpc) is 3.14. The lowest BCUT2D eigenvalue weighted by atomic mass is 10.1. The second-order valence-corrected chi connectivity index (χ2v) is 6.25. The standard InChI is InChI=1S/C21H21FN4O2/c1-3-19-18(13-24-26(19)17-10-6-15(22)7-11-17)21(28)25-16-8-4-14(5-9-16)12-20(27)23-2/h4-11,13H,3,12H2,1-2H3,(H,23,27)(H,25,28). The fourth-order valence-electron chi connectivity index (χ4n) is 2.89. The van der Waals surface area contributed by atoms with Crippen LogP contribution in [0.15, 0.2) is 54.7 Å². The third-order valence-electron chi connectivity index (χ3n) is 4.37. The van der Waals surface area contributed by atoms with E-state index in [2.05, 4.69) is 15.7 Å². The van der Waals surface area contributed by atoms with Crippen LogP contribution in [0.1, 0.15) is 28.5 Å². The molecule has 0 aliphatic carbocycles. The highest BCUT2D eigenvalue weighted by Gasteiger charge is 2.17. The van der Waals surface area contributed by atoms with Gasteiger partial charge in [0.05, 0.1) is 29.6 Å². The van der Waals surface area contributed by atoms with Crippen LogP contribution in [0.4, 0.5) is 10.1 Å². The van der Waals surface area contributed by atoms with Crippen LogP contribution < -0.4 is 10.6 Å². The van der Waals surface area contributed by atoms with Gasteiger partial charge in [-0.2, -0.15) is 5.10 Å². The Morgan fingerprint density at radius 3 is 2.36 bits per heavy atom. The van der Waals surface area contributed by atoms with Gasteiger partial charge in [-0.3, -0.25) is 9.59 Å². The van der Waals surface area contributed by atoms with Crippen molar-refractivity contribution in [3.05, 3.63) is 77.4 Å². The minimum atomic E-state index is -0.327. The molecule has 3 rings (SSSR count). The van der Waals surface area contributed by atoms with E-state index in [0.29, 0.717) is 23.4 Å². The lowest BCUT2D eigenvalue weighted by Gasteiger charge is -2.09. The van der Waals surface area contributed by atoms with Crippen molar-refractivity contribution in [3.63, 3.8) is 0 Å². The molecule has 6 nitrogen and oxygen atoms in total. The largest absolute Gasteiger partial charge is 0.359 e. The third kappa shape index (κ3) is 4.25. The van der Waals surface area contributed by atoms with E-state index in [0.717, 1.165) is 11.3 Å². The van der Waals surface area contributed by atoms with Crippen molar-refractivity contribution in [2.75, 3.05) is 12.4 Å². The topological polar surface area (TPSA) is 76.0 Å². The van der Waals surface area contributed by atoms with Crippen LogP contribution in [-0.4, -0.2) is 28.6 Å². The molecular weight excluding hydrogens is 359 g/mol. The van der Waals surface area contributed by atoms with Crippen LogP contribution >= 0.6 is 0 Å². The molecule has 0 saturated heterocycles. The van der Waals surface area contributed by atoms with Gasteiger partial charge < -0.3 is 10.6 Å². The second kappa shape index (κ2) is 8.47. The van der Waals surface area contributed by atoms with E-state index in [1.54, 1.807) is 48.1 Å². The van der Waals surface area contributed by atoms with Crippen molar-refractivity contribution >= 4 is 17.5 Å². The van der Waals surface area contributed by atoms with Gasteiger partial charge in [0.25, 0.3) is 5.91 Å². The summed E-state index contributed by atoms with van der Waals surface area (Å²) in [5, 5.41) is 9.72. The summed E-state index contributed by atoms with van der Waals surface area (Å²) >= 11 is 0. The highest BCUT2D eigenvalue weighted by Crippen LogP contribution is 2.18. The molecule has 2 amide bonds. The minimum absolute atomic E-state index is 0.0717. The molecule has 0 fully saturated rings. The first-order chi connectivity index (χ1) is 13.5. The molecule has 0 aliphatic rings. The van der Waals surface area contributed by atoms with Gasteiger partial charge in [0, 0.05) is 12.7 Å². The third-order valence-corrected chi connectivity index (χ3v) is 4.37. The maximum Gasteiger partial charge on any atom is 0.259 e. The minimum Gasteiger partial charge on any atom is -0.359 e. The van der Waals surface area contributed by atoms with E-state index in [4.69, 9.17) is 0 Å². The number of carbonyl (C=O) groups excluding carboxylic acids is 2. The molecule has 1 aromatic heterocycles. The number of nitrogens with one attached hydrogen (secondary N) is 2. The number of likely N-dealkylation sites (N-methyl/N-ethyl adjacent to an activating group) is 1. The molecule has 0 saturated carbocycles. The molecular formula is C21H21FN4O2. The SMILES string of the molecule is CCc1c(C(=O)Nc2ccc(CC(=O)NC)cc2)cnn1-c1ccc(F)cc1. The highest BCUT2D eigenvalue weighted by atomic mass is 19.1. The molecule has 0 spiro atoms. The maximum atomic E-state index is 13.2. The number of nitrogens with zero attached hydrogens (tertiary/aromatic N) is 2. The van der Waals surface area contributed by atoms with Gasteiger partial charge >= 0.3 is 0 Å². The van der Waals surface area contributed by atoms with Crippen molar-refractivity contribution in [1.29, 1.82) is 0 Å². The number of carbonyl (C=O) groups is 2. The molecule has 7 heteroatoms. The van der Waals surface area contributed by atoms with Gasteiger partial charge in [-0.25, -0.2) is 9.07 Å². The molecule has 0 bridgehead atoms. The zero-order valence-electron chi connectivity index (χ0n) is 15.7. The molecule has 1 heterocycles. The molecule has 28 heavy (non-hydrogen) atoms. The van der Waals surface area contributed by atoms with Crippen molar-refractivity contribution in [2.24, 2.45) is 0 Å². The number of hydrogen-bond donors (Lipinski definition) is 2. The number of rotatable bonds is 6. The molecule has 0 aliphatic heterocycles. The van der Waals surface area contributed by atoms with E-state index < -0.39 is 0 Å². The van der Waals surface area contributed by atoms with Gasteiger partial charge in [-0.05, 0) is 48.4 Å². The Bertz CT molecular complexity index is 979. The Hall–Kier alpha value is -3.48. The first kappa shape index (κ1) is 19.3. The van der Waals surface area contributed by atoms with E-state index in [9.17, 15) is 14.0 Å². The smallest absolute Gasteiger partial charge is 0.259 e. The van der Waals surface area contributed by atoms with Crippen molar-refractivity contribution in [2.45, 2.75) is 19.8 Å². The maximum absolute atomic E-state index is 13.2. The summed E-state index contributed by atoms with van der Waals surface area (Å²) < 4.78 is 14.8. The van der Waals surface area contributed by atoms with Crippen molar-refractivity contribution in [3.8, 4) is 5.69 Å². The zero-order valence-corrected chi connectivity index (χ0v) is 15.7. The predicted molar refractivity (Wildman–Crippen MR) is 105 cm³/mol. The first-order valence-electron chi connectivity index (χ1n) is 8.95. The lowest BCUT2D eigenvalue weighted by molar-refractivity contribution is -0.119. The van der Waals surface area contributed by atoms with Gasteiger partial charge in [0.2, 0.25) is 5.91 Å². The van der Waals surface area contributed by atoms with Crippen molar-refractivity contribution < 1.29 is 14.0 Å². The highest BCUT2D eigenvalue weighted by molar-refractivity contribution is 6.05. The Balaban J connectivity index is 1.77. The van der Waals surface area contributed by atoms with Gasteiger partial charge in [-0.15, -0.1) is 0 Å². The summed E-state index contributed by atoms with van der Waals surface area (Å²) in [4.78, 5) is 24.1. The summed E-state index contributed by atoms with van der Waals surface area (Å²) in [6, 6.07) is 13.1. The summed E-state index contributed by atoms with van der Waals surface area (Å²) in [7, 11) is 1.59. The Morgan fingerprint density at radius 1 is 1.07 bits per heavy atom. The molecule has 0 radical (unpaired) electrons. The molecule has 3 aromatic rings. The normalized spacial score (nSPS) is 10.5. The number of amides is 2. The molecule has 2 aromatic carbocycles. The summed E-state index contributed by atoms with van der Waals surface area (Å²) in [6.45, 7) is 1.93. The molecule has 0 unspecified atom stereocenters. The van der Waals surface area contributed by atoms with Crippen molar-refractivity contribution in [1.82, 2.24) is 15.1 Å². The van der Waals surface area contributed by atoms with Crippen LogP contribution in [0.25, 0.3) is 5.69 Å². The fourth-order valence-corrected chi connectivity index (χ4v) is 2.89. The Morgan fingerprint density at radius 2 is 1.75 bits per heavy atom. The zero-order chi connectivity index (χ0) is 20.1. The molecule has 0 atom stereocenters. The summed E-state index contributed by atoms with van der Waals surface area (Å²) in [5.41, 5.74) is 3.37. The van der Waals surface area contributed by atoms with Gasteiger partial charge in [0.1, 0.15) is 5.82 Å². The molecule has 144 valence electrons. The number of halogens is 1. The van der Waals surface area contributed by atoms with Crippen LogP contribution in [-0.2, 0) is 17.6 Å². The second-order valence-electron chi connectivity index (χ2n) is 6.25. The van der Waals surface area contributed by atoms with Gasteiger partial charge in [-0.1, -0.05) is 19.1 Å². The number of aromatic nitrogens is 2. The Kier molecular flexibility index (Phi) is 5.84. The molecule has 2 N–H and O–H groups in total. The van der Waals surface area contributed by atoms with Crippen LogP contribution in [0.2, 0.25) is 0 Å². The van der Waals surface area contributed by atoms with E-state index in [1.807, 2.05) is 6.92 Å². The number of anilines is 1. The van der Waals surface area contributed by atoms with E-state index >= 15 is 0 Å². The van der Waals surface area contributed by atoms with E-state index in [-0.39, 0.29) is 24.1 Å². The monoisotopic (exact) mass is 380 g/mol. The number of benzene rings is 2. The van der Waals surface area contributed by atoms with Gasteiger partial charge in [0.15, 0.2) is 0 Å². The average molecular weight is 380 g/mol. The van der Waals surface area contributed by atoms with Crippen LogP contribution in [0, 0.1) is 5.82 Å². The quantitative estimate of drug-likeness (QED) is 0.690. The predicted octanol–water partition coefficient (Wildman–Crippen LogP) is 3.11. The van der Waals surface area contributed by atoms with Crippen LogP contribution in [0.3, 0.4) is 0 Å². The first-order valence-corrected chi connectivity index (χ1v) is 8.95. The Labute approximate surface area is 162 Å².